The zero-order valence-corrected chi connectivity index (χ0v) is 7.89. The molecule has 0 amide bonds. The predicted molar refractivity (Wildman–Crippen MR) is 53.4 cm³/mol. The molecule has 12 heavy (non-hydrogen) atoms. The summed E-state index contributed by atoms with van der Waals surface area (Å²) in [5.41, 5.74) is 0. The molecule has 0 bridgehead atoms. The third kappa shape index (κ3) is 2.86. The molecule has 0 spiro atoms. The first kappa shape index (κ1) is 9.60. The van der Waals surface area contributed by atoms with E-state index >= 15 is 0 Å². The van der Waals surface area contributed by atoms with Crippen LogP contribution in [0.4, 0.5) is 0 Å². The molecule has 0 aromatic carbocycles. The van der Waals surface area contributed by atoms with Crippen LogP contribution in [0, 0.1) is 0 Å². The number of aliphatic imine (C=N–C) groups is 2. The van der Waals surface area contributed by atoms with Crippen LogP contribution in [0.3, 0.4) is 0 Å². The summed E-state index contributed by atoms with van der Waals surface area (Å²) in [5.74, 6) is -0.349. The topological polar surface area (TPSA) is 62.0 Å². The molecule has 0 saturated heterocycles. The quantitative estimate of drug-likeness (QED) is 0.528. The summed E-state index contributed by atoms with van der Waals surface area (Å²) >= 11 is 5.46. The fraction of sp³-hybridized carbons (Fsp3) is 0.500. The molecule has 1 rings (SSSR count). The number of nitrogens with zero attached hydrogens (tertiary/aromatic N) is 2. The summed E-state index contributed by atoms with van der Waals surface area (Å²) in [4.78, 5) is 18.1. The average molecular weight is 204 g/mol. The molecule has 0 fully saturated rings. The largest absolute Gasteiger partial charge is 0.481 e. The number of thioether (sulfide) groups is 1. The Bertz CT molecular complexity index is 228. The van der Waals surface area contributed by atoms with E-state index in [1.54, 1.807) is 12.4 Å². The number of thiol groups is 1. The van der Waals surface area contributed by atoms with Crippen molar-refractivity contribution in [1.29, 1.82) is 0 Å². The third-order valence-corrected chi connectivity index (χ3v) is 2.79. The maximum absolute atomic E-state index is 10.2. The number of carbonyl (C=O) groups is 1. The van der Waals surface area contributed by atoms with Gasteiger partial charge in [0.2, 0.25) is 4.33 Å². The Labute approximate surface area is 79.6 Å². The van der Waals surface area contributed by atoms with Crippen molar-refractivity contribution in [1.82, 2.24) is 0 Å². The van der Waals surface area contributed by atoms with Gasteiger partial charge in [-0.1, -0.05) is 11.8 Å². The molecule has 4 nitrogen and oxygen atoms in total. The van der Waals surface area contributed by atoms with Crippen molar-refractivity contribution in [3.8, 4) is 0 Å². The maximum atomic E-state index is 10.2. The van der Waals surface area contributed by atoms with Crippen molar-refractivity contribution in [3.63, 3.8) is 0 Å². The minimum absolute atomic E-state index is 0.109. The Hall–Kier alpha value is -0.490. The second-order valence-electron chi connectivity index (χ2n) is 2.12. The number of rotatable bonds is 4. The summed E-state index contributed by atoms with van der Waals surface area (Å²) in [6, 6.07) is 0. The lowest BCUT2D eigenvalue weighted by Crippen LogP contribution is -2.08. The molecule has 0 aromatic heterocycles. The van der Waals surface area contributed by atoms with Crippen LogP contribution >= 0.6 is 24.4 Å². The summed E-state index contributed by atoms with van der Waals surface area (Å²) < 4.78 is -0.782. The van der Waals surface area contributed by atoms with Gasteiger partial charge in [-0.05, 0) is 0 Å². The van der Waals surface area contributed by atoms with Crippen LogP contribution in [0.25, 0.3) is 0 Å². The molecular formula is C6H8N2O2S2. The van der Waals surface area contributed by atoms with Crippen LogP contribution in [0.5, 0.6) is 0 Å². The van der Waals surface area contributed by atoms with E-state index in [2.05, 4.69) is 22.6 Å². The van der Waals surface area contributed by atoms with E-state index in [9.17, 15) is 4.79 Å². The van der Waals surface area contributed by atoms with Gasteiger partial charge in [-0.25, -0.2) is 9.98 Å². The second-order valence-corrected chi connectivity index (χ2v) is 4.31. The molecule has 0 aliphatic carbocycles. The smallest absolute Gasteiger partial charge is 0.304 e. The number of aliphatic carboxylic acids is 1. The number of hydrogen-bond donors (Lipinski definition) is 2. The zero-order chi connectivity index (χ0) is 9.03. The Kier molecular flexibility index (Phi) is 3.16. The Morgan fingerprint density at radius 3 is 2.67 bits per heavy atom. The fourth-order valence-electron chi connectivity index (χ4n) is 0.644. The van der Waals surface area contributed by atoms with E-state index in [4.69, 9.17) is 5.11 Å². The fourth-order valence-corrected chi connectivity index (χ4v) is 1.87. The average Bonchev–Trinajstić information content (AvgIpc) is 2.35. The molecule has 0 aromatic rings. The van der Waals surface area contributed by atoms with Gasteiger partial charge in [0.1, 0.15) is 0 Å². The summed E-state index contributed by atoms with van der Waals surface area (Å²) in [6.07, 6.45) is 3.22. The first-order valence-electron chi connectivity index (χ1n) is 3.29. The Morgan fingerprint density at radius 2 is 2.17 bits per heavy atom. The van der Waals surface area contributed by atoms with Crippen LogP contribution in [0.1, 0.15) is 6.42 Å². The van der Waals surface area contributed by atoms with Crippen molar-refractivity contribution in [2.24, 2.45) is 9.98 Å². The van der Waals surface area contributed by atoms with Gasteiger partial charge in [-0.15, -0.1) is 12.6 Å². The lowest BCUT2D eigenvalue weighted by molar-refractivity contribution is -0.136. The van der Waals surface area contributed by atoms with Gasteiger partial charge in [0.25, 0.3) is 0 Å². The van der Waals surface area contributed by atoms with Crippen molar-refractivity contribution < 1.29 is 9.90 Å². The molecule has 66 valence electrons. The van der Waals surface area contributed by atoms with Gasteiger partial charge in [0.05, 0.1) is 6.42 Å². The maximum Gasteiger partial charge on any atom is 0.304 e. The van der Waals surface area contributed by atoms with Crippen LogP contribution in [0.15, 0.2) is 9.98 Å². The lowest BCUT2D eigenvalue weighted by atomic mass is 10.5. The summed E-state index contributed by atoms with van der Waals surface area (Å²) in [7, 11) is 0. The highest BCUT2D eigenvalue weighted by molar-refractivity contribution is 8.11. The highest BCUT2D eigenvalue weighted by Gasteiger charge is 2.24. The third-order valence-electron chi connectivity index (χ3n) is 1.16. The Balaban J connectivity index is 2.27. The molecule has 0 radical (unpaired) electrons. The number of carboxylic acids is 1. The van der Waals surface area contributed by atoms with Gasteiger partial charge in [-0.3, -0.25) is 4.79 Å². The molecule has 0 atom stereocenters. The molecule has 1 aliphatic rings. The molecule has 1 aliphatic heterocycles. The van der Waals surface area contributed by atoms with E-state index in [1.165, 1.54) is 11.8 Å². The Morgan fingerprint density at radius 1 is 1.58 bits per heavy atom. The molecular weight excluding hydrogens is 196 g/mol. The van der Waals surface area contributed by atoms with Crippen LogP contribution in [0.2, 0.25) is 0 Å². The van der Waals surface area contributed by atoms with Gasteiger partial charge in [0, 0.05) is 18.2 Å². The van der Waals surface area contributed by atoms with Crippen molar-refractivity contribution >= 4 is 42.8 Å². The summed E-state index contributed by atoms with van der Waals surface area (Å²) in [5, 5.41) is 8.36. The first-order valence-corrected chi connectivity index (χ1v) is 4.73. The van der Waals surface area contributed by atoms with E-state index in [1.807, 2.05) is 0 Å². The molecule has 1 heterocycles. The first-order chi connectivity index (χ1) is 5.62. The number of hydrogen-bond acceptors (Lipinski definition) is 5. The highest BCUT2D eigenvalue weighted by Crippen LogP contribution is 2.34. The predicted octanol–water partition coefficient (Wildman–Crippen LogP) is 0.891. The van der Waals surface area contributed by atoms with Crippen LogP contribution < -0.4 is 0 Å². The normalized spacial score (nSPS) is 18.4. The second kappa shape index (κ2) is 3.95. The van der Waals surface area contributed by atoms with Gasteiger partial charge >= 0.3 is 5.97 Å². The van der Waals surface area contributed by atoms with E-state index < -0.39 is 10.3 Å². The minimum Gasteiger partial charge on any atom is -0.481 e. The van der Waals surface area contributed by atoms with E-state index in [0.29, 0.717) is 5.75 Å². The summed E-state index contributed by atoms with van der Waals surface area (Å²) in [6.45, 7) is 0. The van der Waals surface area contributed by atoms with Gasteiger partial charge in [-0.2, -0.15) is 0 Å². The van der Waals surface area contributed by atoms with Gasteiger partial charge in [0.15, 0.2) is 0 Å². The lowest BCUT2D eigenvalue weighted by Gasteiger charge is -2.13. The van der Waals surface area contributed by atoms with Crippen molar-refractivity contribution in [2.75, 3.05) is 5.75 Å². The van der Waals surface area contributed by atoms with Crippen molar-refractivity contribution in [2.45, 2.75) is 10.7 Å². The molecule has 0 unspecified atom stereocenters. The monoisotopic (exact) mass is 204 g/mol. The minimum atomic E-state index is -0.814. The van der Waals surface area contributed by atoms with Gasteiger partial charge < -0.3 is 5.11 Å². The standard InChI is InChI=1S/C6H8N2O2S2/c9-5(10)1-4-12-6(11)7-2-3-8-6/h2-3,11H,1,4H2,(H,9,10). The molecule has 6 heteroatoms. The van der Waals surface area contributed by atoms with Crippen LogP contribution in [-0.2, 0) is 4.79 Å². The van der Waals surface area contributed by atoms with E-state index in [-0.39, 0.29) is 6.42 Å². The SMILES string of the molecule is O=C(O)CCSC1(S)N=CC=N1. The number of carboxylic acid groups (broad SMARTS) is 1. The zero-order valence-electron chi connectivity index (χ0n) is 6.17. The molecule has 0 saturated carbocycles. The molecule has 1 N–H and O–H groups in total. The highest BCUT2D eigenvalue weighted by atomic mass is 32.2. The van der Waals surface area contributed by atoms with Crippen LogP contribution in [-0.4, -0.2) is 33.6 Å². The van der Waals surface area contributed by atoms with E-state index in [0.717, 1.165) is 0 Å². The van der Waals surface area contributed by atoms with Crippen molar-refractivity contribution in [3.05, 3.63) is 0 Å².